The van der Waals surface area contributed by atoms with E-state index in [1.807, 2.05) is 12.1 Å². The summed E-state index contributed by atoms with van der Waals surface area (Å²) >= 11 is 12.4. The molecule has 24 heavy (non-hydrogen) atoms. The van der Waals surface area contributed by atoms with E-state index in [2.05, 4.69) is 9.97 Å². The second-order valence-electron chi connectivity index (χ2n) is 5.73. The van der Waals surface area contributed by atoms with Gasteiger partial charge in [-0.2, -0.15) is 4.98 Å². The molecule has 0 atom stereocenters. The fourth-order valence-corrected chi connectivity index (χ4v) is 3.35. The van der Waals surface area contributed by atoms with Crippen molar-refractivity contribution in [1.29, 1.82) is 0 Å². The minimum absolute atomic E-state index is 0.116. The highest BCUT2D eigenvalue weighted by Gasteiger charge is 2.26. The summed E-state index contributed by atoms with van der Waals surface area (Å²) in [4.78, 5) is 20.5. The van der Waals surface area contributed by atoms with Gasteiger partial charge in [0.05, 0.1) is 23.7 Å². The van der Waals surface area contributed by atoms with Gasteiger partial charge in [-0.25, -0.2) is 9.78 Å². The Balaban J connectivity index is 2.15. The monoisotopic (exact) mass is 361 g/mol. The molecule has 0 aliphatic heterocycles. The van der Waals surface area contributed by atoms with E-state index in [9.17, 15) is 4.79 Å². The average molecular weight is 362 g/mol. The standard InChI is InChI=1S/C17H13Cl2N3O2/c1-24-13-8-10(9-4-5-9)7-12-14(13)16(19)21-17(23)22(12)11-3-2-6-20-15(11)18/h2-3,6-9H,4-5H2,1H3. The maximum Gasteiger partial charge on any atom is 0.354 e. The number of pyridine rings is 1. The first-order valence-electron chi connectivity index (χ1n) is 7.51. The molecule has 1 aliphatic rings. The zero-order valence-electron chi connectivity index (χ0n) is 12.8. The van der Waals surface area contributed by atoms with Crippen molar-refractivity contribution in [3.8, 4) is 11.4 Å². The van der Waals surface area contributed by atoms with Crippen molar-refractivity contribution in [1.82, 2.24) is 14.5 Å². The second kappa shape index (κ2) is 5.76. The molecule has 0 bridgehead atoms. The number of hydrogen-bond acceptors (Lipinski definition) is 4. The summed E-state index contributed by atoms with van der Waals surface area (Å²) < 4.78 is 6.93. The van der Waals surface area contributed by atoms with Crippen LogP contribution in [0.3, 0.4) is 0 Å². The van der Waals surface area contributed by atoms with Crippen LogP contribution in [-0.2, 0) is 0 Å². The maximum atomic E-state index is 12.5. The van der Waals surface area contributed by atoms with Gasteiger partial charge in [0.2, 0.25) is 0 Å². The van der Waals surface area contributed by atoms with Crippen molar-refractivity contribution in [2.45, 2.75) is 18.8 Å². The molecule has 1 aliphatic carbocycles. The predicted molar refractivity (Wildman–Crippen MR) is 93.7 cm³/mol. The Labute approximate surface area is 147 Å². The van der Waals surface area contributed by atoms with E-state index in [1.165, 1.54) is 4.57 Å². The number of fused-ring (bicyclic) bond motifs is 1. The number of halogens is 2. The molecule has 0 unspecified atom stereocenters. The van der Waals surface area contributed by atoms with Gasteiger partial charge in [-0.3, -0.25) is 4.57 Å². The van der Waals surface area contributed by atoms with Crippen molar-refractivity contribution < 1.29 is 4.74 Å². The van der Waals surface area contributed by atoms with Gasteiger partial charge in [0.1, 0.15) is 10.9 Å². The van der Waals surface area contributed by atoms with Gasteiger partial charge in [-0.1, -0.05) is 23.2 Å². The summed E-state index contributed by atoms with van der Waals surface area (Å²) in [5.74, 6) is 1.09. The SMILES string of the molecule is COc1cc(C2CC2)cc2c1c(Cl)nc(=O)n2-c1cccnc1Cl. The van der Waals surface area contributed by atoms with Crippen LogP contribution >= 0.6 is 23.2 Å². The third-order valence-corrected chi connectivity index (χ3v) is 4.75. The van der Waals surface area contributed by atoms with Crippen LogP contribution in [0.2, 0.25) is 10.3 Å². The zero-order chi connectivity index (χ0) is 16.8. The highest BCUT2D eigenvalue weighted by Crippen LogP contribution is 2.44. The summed E-state index contributed by atoms with van der Waals surface area (Å²) in [6.07, 6.45) is 3.83. The molecular formula is C17H13Cl2N3O2. The molecule has 0 radical (unpaired) electrons. The first-order chi connectivity index (χ1) is 11.6. The normalized spacial score (nSPS) is 14.1. The number of hydrogen-bond donors (Lipinski definition) is 0. The van der Waals surface area contributed by atoms with Crippen LogP contribution in [0.5, 0.6) is 5.75 Å². The maximum absolute atomic E-state index is 12.5. The van der Waals surface area contributed by atoms with E-state index in [0.29, 0.717) is 28.3 Å². The first kappa shape index (κ1) is 15.4. The van der Waals surface area contributed by atoms with E-state index in [4.69, 9.17) is 27.9 Å². The molecule has 0 spiro atoms. The van der Waals surface area contributed by atoms with E-state index in [-0.39, 0.29) is 10.3 Å². The zero-order valence-corrected chi connectivity index (χ0v) is 14.3. The largest absolute Gasteiger partial charge is 0.496 e. The summed E-state index contributed by atoms with van der Waals surface area (Å²) in [5.41, 5.74) is 1.71. The lowest BCUT2D eigenvalue weighted by Crippen LogP contribution is -2.22. The average Bonchev–Trinajstić information content (AvgIpc) is 3.40. The number of ether oxygens (including phenoxy) is 1. The number of methoxy groups -OCH3 is 1. The van der Waals surface area contributed by atoms with Crippen molar-refractivity contribution in [3.63, 3.8) is 0 Å². The quantitative estimate of drug-likeness (QED) is 0.523. The smallest absolute Gasteiger partial charge is 0.354 e. The van der Waals surface area contributed by atoms with Gasteiger partial charge < -0.3 is 4.74 Å². The number of benzene rings is 1. The van der Waals surface area contributed by atoms with E-state index >= 15 is 0 Å². The lowest BCUT2D eigenvalue weighted by atomic mass is 10.1. The third-order valence-electron chi connectivity index (χ3n) is 4.18. The number of rotatable bonds is 3. The Kier molecular flexibility index (Phi) is 3.70. The van der Waals surface area contributed by atoms with Crippen molar-refractivity contribution in [2.75, 3.05) is 7.11 Å². The van der Waals surface area contributed by atoms with Crippen LogP contribution in [0.1, 0.15) is 24.3 Å². The molecular weight excluding hydrogens is 349 g/mol. The van der Waals surface area contributed by atoms with Crippen LogP contribution in [0.25, 0.3) is 16.6 Å². The van der Waals surface area contributed by atoms with Gasteiger partial charge in [-0.15, -0.1) is 0 Å². The molecule has 5 nitrogen and oxygen atoms in total. The van der Waals surface area contributed by atoms with Crippen molar-refractivity contribution in [3.05, 3.63) is 56.8 Å². The molecule has 3 aromatic rings. The van der Waals surface area contributed by atoms with E-state index in [1.54, 1.807) is 25.4 Å². The van der Waals surface area contributed by atoms with Crippen LogP contribution < -0.4 is 10.4 Å². The Hall–Kier alpha value is -2.11. The topological polar surface area (TPSA) is 57.0 Å². The summed E-state index contributed by atoms with van der Waals surface area (Å²) in [7, 11) is 1.58. The minimum Gasteiger partial charge on any atom is -0.496 e. The molecule has 2 aromatic heterocycles. The van der Waals surface area contributed by atoms with Crippen LogP contribution in [0, 0.1) is 0 Å². The Morgan fingerprint density at radius 1 is 1.25 bits per heavy atom. The van der Waals surface area contributed by atoms with Crippen LogP contribution in [0.4, 0.5) is 0 Å². The molecule has 0 saturated heterocycles. The van der Waals surface area contributed by atoms with E-state index < -0.39 is 5.69 Å². The molecule has 1 saturated carbocycles. The molecule has 0 amide bonds. The second-order valence-corrected chi connectivity index (χ2v) is 6.44. The van der Waals surface area contributed by atoms with Gasteiger partial charge in [0.15, 0.2) is 5.15 Å². The van der Waals surface area contributed by atoms with Crippen molar-refractivity contribution in [2.24, 2.45) is 0 Å². The first-order valence-corrected chi connectivity index (χ1v) is 8.27. The van der Waals surface area contributed by atoms with Gasteiger partial charge in [-0.05, 0) is 48.6 Å². The van der Waals surface area contributed by atoms with E-state index in [0.717, 1.165) is 18.4 Å². The fraction of sp³-hybridized carbons (Fsp3) is 0.235. The molecule has 7 heteroatoms. The van der Waals surface area contributed by atoms with Crippen LogP contribution in [-0.4, -0.2) is 21.6 Å². The lowest BCUT2D eigenvalue weighted by Gasteiger charge is -2.15. The van der Waals surface area contributed by atoms with Crippen LogP contribution in [0.15, 0.2) is 35.3 Å². The van der Waals surface area contributed by atoms with Gasteiger partial charge in [0.25, 0.3) is 0 Å². The predicted octanol–water partition coefficient (Wildman–Crippen LogP) is 3.97. The molecule has 2 heterocycles. The Morgan fingerprint density at radius 3 is 2.71 bits per heavy atom. The third kappa shape index (κ3) is 2.44. The Morgan fingerprint density at radius 2 is 2.04 bits per heavy atom. The number of nitrogens with zero attached hydrogens (tertiary/aromatic N) is 3. The van der Waals surface area contributed by atoms with Gasteiger partial charge in [0, 0.05) is 6.20 Å². The minimum atomic E-state index is -0.502. The summed E-state index contributed by atoms with van der Waals surface area (Å²) in [6.45, 7) is 0. The lowest BCUT2D eigenvalue weighted by molar-refractivity contribution is 0.419. The molecule has 0 N–H and O–H groups in total. The molecule has 4 rings (SSSR count). The fourth-order valence-electron chi connectivity index (χ4n) is 2.89. The summed E-state index contributed by atoms with van der Waals surface area (Å²) in [6, 6.07) is 7.37. The van der Waals surface area contributed by atoms with Crippen molar-refractivity contribution >= 4 is 34.1 Å². The molecule has 122 valence electrons. The number of aromatic nitrogens is 3. The molecule has 1 aromatic carbocycles. The molecule has 1 fully saturated rings. The highest BCUT2D eigenvalue weighted by molar-refractivity contribution is 6.35. The summed E-state index contributed by atoms with van der Waals surface area (Å²) in [5, 5.41) is 0.925. The highest BCUT2D eigenvalue weighted by atomic mass is 35.5. The van der Waals surface area contributed by atoms with Gasteiger partial charge >= 0.3 is 5.69 Å². The Bertz CT molecular complexity index is 1010.